The summed E-state index contributed by atoms with van der Waals surface area (Å²) >= 11 is 0. The normalized spacial score (nSPS) is 12.4. The van der Waals surface area contributed by atoms with Gasteiger partial charge in [0.15, 0.2) is 11.5 Å². The van der Waals surface area contributed by atoms with Crippen LogP contribution in [0.1, 0.15) is 23.1 Å². The van der Waals surface area contributed by atoms with Gasteiger partial charge in [-0.2, -0.15) is 0 Å². The number of H-pyrrole nitrogens is 1. The van der Waals surface area contributed by atoms with Crippen molar-refractivity contribution in [3.63, 3.8) is 0 Å². The van der Waals surface area contributed by atoms with Gasteiger partial charge in [0.2, 0.25) is 12.7 Å². The van der Waals surface area contributed by atoms with Gasteiger partial charge in [-0.05, 0) is 67.1 Å². The third-order valence-electron chi connectivity index (χ3n) is 4.81. The van der Waals surface area contributed by atoms with Crippen LogP contribution in [0.4, 0.5) is 5.69 Å². The lowest BCUT2D eigenvalue weighted by molar-refractivity contribution is -0.116. The van der Waals surface area contributed by atoms with Crippen LogP contribution in [0.5, 0.6) is 11.5 Å². The Morgan fingerprint density at radius 2 is 1.85 bits per heavy atom. The highest BCUT2D eigenvalue weighted by Crippen LogP contribution is 2.34. The fraction of sp³-hybridized carbons (Fsp3) is 0.238. The van der Waals surface area contributed by atoms with Crippen LogP contribution in [-0.4, -0.2) is 17.7 Å². The number of aromatic amines is 1. The van der Waals surface area contributed by atoms with Crippen molar-refractivity contribution in [1.29, 1.82) is 0 Å². The van der Waals surface area contributed by atoms with E-state index in [9.17, 15) is 9.59 Å². The summed E-state index contributed by atoms with van der Waals surface area (Å²) in [5.74, 6) is 1.12. The van der Waals surface area contributed by atoms with E-state index in [-0.39, 0.29) is 24.7 Å². The maximum absolute atomic E-state index is 12.3. The Bertz CT molecular complexity index is 1100. The second kappa shape index (κ2) is 6.79. The van der Waals surface area contributed by atoms with Crippen molar-refractivity contribution in [2.24, 2.45) is 0 Å². The Morgan fingerprint density at radius 3 is 2.70 bits per heavy atom. The summed E-state index contributed by atoms with van der Waals surface area (Å²) in [5.41, 5.74) is 4.21. The van der Waals surface area contributed by atoms with E-state index in [0.29, 0.717) is 29.2 Å². The molecule has 0 unspecified atom stereocenters. The molecule has 0 spiro atoms. The number of carbonyl (C=O) groups excluding carboxylic acids is 1. The Hall–Kier alpha value is -3.28. The fourth-order valence-corrected chi connectivity index (χ4v) is 3.15. The van der Waals surface area contributed by atoms with Crippen LogP contribution >= 0.6 is 0 Å². The van der Waals surface area contributed by atoms with Crippen LogP contribution in [0.25, 0.3) is 10.9 Å². The van der Waals surface area contributed by atoms with Crippen molar-refractivity contribution < 1.29 is 14.3 Å². The predicted octanol–water partition coefficient (Wildman–Crippen LogP) is 3.44. The number of benzene rings is 2. The first kappa shape index (κ1) is 17.1. The number of hydrogen-bond donors (Lipinski definition) is 2. The van der Waals surface area contributed by atoms with Crippen molar-refractivity contribution in [2.45, 2.75) is 26.7 Å². The van der Waals surface area contributed by atoms with Gasteiger partial charge in [0.25, 0.3) is 5.56 Å². The third kappa shape index (κ3) is 3.51. The van der Waals surface area contributed by atoms with Gasteiger partial charge in [-0.1, -0.05) is 0 Å². The number of amides is 1. The van der Waals surface area contributed by atoms with Gasteiger partial charge in [0, 0.05) is 29.3 Å². The molecule has 1 aliphatic rings. The zero-order chi connectivity index (χ0) is 19.0. The summed E-state index contributed by atoms with van der Waals surface area (Å²) < 4.78 is 10.6. The summed E-state index contributed by atoms with van der Waals surface area (Å²) in [6.45, 7) is 4.25. The first-order valence-electron chi connectivity index (χ1n) is 8.82. The number of pyridine rings is 1. The predicted molar refractivity (Wildman–Crippen MR) is 104 cm³/mol. The number of ether oxygens (including phenoxy) is 2. The molecule has 6 heteroatoms. The summed E-state index contributed by atoms with van der Waals surface area (Å²) in [6.07, 6.45) is 0.586. The lowest BCUT2D eigenvalue weighted by Gasteiger charge is -2.08. The molecule has 4 rings (SSSR count). The molecule has 0 radical (unpaired) electrons. The molecule has 1 aliphatic heterocycles. The van der Waals surface area contributed by atoms with E-state index >= 15 is 0 Å². The van der Waals surface area contributed by atoms with Gasteiger partial charge >= 0.3 is 0 Å². The second-order valence-corrected chi connectivity index (χ2v) is 6.76. The van der Waals surface area contributed by atoms with Crippen LogP contribution in [0.15, 0.2) is 41.2 Å². The third-order valence-corrected chi connectivity index (χ3v) is 4.81. The van der Waals surface area contributed by atoms with Gasteiger partial charge in [-0.3, -0.25) is 9.59 Å². The molecule has 2 aromatic carbocycles. The Morgan fingerprint density at radius 1 is 1.07 bits per heavy atom. The fourth-order valence-electron chi connectivity index (χ4n) is 3.15. The quantitative estimate of drug-likeness (QED) is 0.743. The summed E-state index contributed by atoms with van der Waals surface area (Å²) in [7, 11) is 0. The van der Waals surface area contributed by atoms with Crippen LogP contribution < -0.4 is 20.3 Å². The highest BCUT2D eigenvalue weighted by Gasteiger charge is 2.14. The number of rotatable bonds is 4. The molecule has 3 aromatic rings. The van der Waals surface area contributed by atoms with E-state index in [1.807, 2.05) is 26.0 Å². The zero-order valence-corrected chi connectivity index (χ0v) is 15.2. The zero-order valence-electron chi connectivity index (χ0n) is 15.2. The lowest BCUT2D eigenvalue weighted by Crippen LogP contribution is -2.17. The van der Waals surface area contributed by atoms with Crippen LogP contribution in [0.2, 0.25) is 0 Å². The van der Waals surface area contributed by atoms with Gasteiger partial charge in [0.05, 0.1) is 0 Å². The summed E-state index contributed by atoms with van der Waals surface area (Å²) in [5, 5.41) is 3.80. The molecule has 138 valence electrons. The van der Waals surface area contributed by atoms with E-state index < -0.39 is 0 Å². The number of nitrogens with one attached hydrogen (secondary N) is 2. The molecule has 2 heterocycles. The molecule has 1 aromatic heterocycles. The van der Waals surface area contributed by atoms with Gasteiger partial charge < -0.3 is 19.8 Å². The highest BCUT2D eigenvalue weighted by molar-refractivity contribution is 5.91. The maximum Gasteiger partial charge on any atom is 0.251 e. The van der Waals surface area contributed by atoms with Crippen molar-refractivity contribution in [3.8, 4) is 11.5 Å². The number of carbonyl (C=O) groups is 1. The molecule has 0 atom stereocenters. The van der Waals surface area contributed by atoms with E-state index in [1.165, 1.54) is 5.56 Å². The first-order chi connectivity index (χ1) is 13.0. The molecule has 6 nitrogen and oxygen atoms in total. The SMILES string of the molecule is Cc1cc2cc(CCC(=O)Nc3ccc4c(c3)OCO4)c(=O)[nH]c2cc1C. The minimum atomic E-state index is -0.159. The largest absolute Gasteiger partial charge is 0.454 e. The average Bonchev–Trinajstić information content (AvgIpc) is 3.09. The molecule has 0 aliphatic carbocycles. The lowest BCUT2D eigenvalue weighted by atomic mass is 10.0. The smallest absolute Gasteiger partial charge is 0.251 e. The van der Waals surface area contributed by atoms with Crippen molar-refractivity contribution in [2.75, 3.05) is 12.1 Å². The standard InChI is InChI=1S/C21H20N2O4/c1-12-7-15-9-14(21(25)23-17(15)8-13(12)2)3-6-20(24)22-16-4-5-18-19(10-16)27-11-26-18/h4-5,7-10H,3,6,11H2,1-2H3,(H,22,24)(H,23,25). The number of fused-ring (bicyclic) bond motifs is 2. The van der Waals surface area contributed by atoms with Crippen LogP contribution in [-0.2, 0) is 11.2 Å². The molecule has 0 saturated heterocycles. The number of hydrogen-bond acceptors (Lipinski definition) is 4. The average molecular weight is 364 g/mol. The highest BCUT2D eigenvalue weighted by atomic mass is 16.7. The molecule has 2 N–H and O–H groups in total. The van der Waals surface area contributed by atoms with Crippen molar-refractivity contribution in [1.82, 2.24) is 4.98 Å². The topological polar surface area (TPSA) is 80.4 Å². The van der Waals surface area contributed by atoms with Crippen molar-refractivity contribution >= 4 is 22.5 Å². The number of anilines is 1. The second-order valence-electron chi connectivity index (χ2n) is 6.76. The Balaban J connectivity index is 1.46. The molecule has 1 amide bonds. The summed E-state index contributed by atoms with van der Waals surface area (Å²) in [6, 6.07) is 11.2. The number of aromatic nitrogens is 1. The first-order valence-corrected chi connectivity index (χ1v) is 8.82. The van der Waals surface area contributed by atoms with E-state index in [4.69, 9.17) is 9.47 Å². The van der Waals surface area contributed by atoms with Crippen LogP contribution in [0, 0.1) is 13.8 Å². The van der Waals surface area contributed by atoms with Gasteiger partial charge in [0.1, 0.15) is 0 Å². The minimum Gasteiger partial charge on any atom is -0.454 e. The Labute approximate surface area is 156 Å². The molecular formula is C21H20N2O4. The summed E-state index contributed by atoms with van der Waals surface area (Å²) in [4.78, 5) is 27.5. The molecule has 0 fully saturated rings. The number of aryl methyl sites for hydroxylation is 3. The van der Waals surface area contributed by atoms with E-state index in [0.717, 1.165) is 16.5 Å². The van der Waals surface area contributed by atoms with Crippen molar-refractivity contribution in [3.05, 3.63) is 63.4 Å². The molecule has 0 bridgehead atoms. The maximum atomic E-state index is 12.3. The van der Waals surface area contributed by atoms with Crippen LogP contribution in [0.3, 0.4) is 0 Å². The van der Waals surface area contributed by atoms with Gasteiger partial charge in [-0.25, -0.2) is 0 Å². The molecule has 27 heavy (non-hydrogen) atoms. The minimum absolute atomic E-state index is 0.151. The molecule has 0 saturated carbocycles. The van der Waals surface area contributed by atoms with Gasteiger partial charge in [-0.15, -0.1) is 0 Å². The van der Waals surface area contributed by atoms with E-state index in [2.05, 4.69) is 16.4 Å². The van der Waals surface area contributed by atoms with E-state index in [1.54, 1.807) is 18.2 Å². The molecular weight excluding hydrogens is 344 g/mol. The Kier molecular flexibility index (Phi) is 4.32. The monoisotopic (exact) mass is 364 g/mol.